The van der Waals surface area contributed by atoms with Gasteiger partial charge in [0.05, 0.1) is 28.4 Å². The lowest BCUT2D eigenvalue weighted by atomic mass is 10.3. The highest BCUT2D eigenvalue weighted by atomic mass is 28.3. The van der Waals surface area contributed by atoms with Crippen molar-refractivity contribution in [1.82, 2.24) is 0 Å². The lowest BCUT2D eigenvalue weighted by molar-refractivity contribution is 0.404. The van der Waals surface area contributed by atoms with E-state index in [0.29, 0.717) is 0 Å². The predicted octanol–water partition coefficient (Wildman–Crippen LogP) is 2.54. The summed E-state index contributed by atoms with van der Waals surface area (Å²) in [5.41, 5.74) is 0. The number of benzene rings is 2. The molecule has 0 aliphatic heterocycles. The third-order valence-corrected chi connectivity index (χ3v) is 7.63. The Balaban J connectivity index is 2.66. The fourth-order valence-corrected chi connectivity index (χ4v) is 5.65. The van der Waals surface area contributed by atoms with Gasteiger partial charge in [-0.25, -0.2) is 0 Å². The number of rotatable bonds is 6. The molecule has 2 aromatic carbocycles. The number of hydrogen-bond acceptors (Lipinski definition) is 4. The van der Waals surface area contributed by atoms with Crippen LogP contribution < -0.4 is 29.3 Å². The normalized spacial score (nSPS) is 11.0. The molecule has 0 radical (unpaired) electrons. The highest BCUT2D eigenvalue weighted by Crippen LogP contribution is 2.24. The van der Waals surface area contributed by atoms with Crippen molar-refractivity contribution in [1.29, 1.82) is 0 Å². The van der Waals surface area contributed by atoms with Gasteiger partial charge in [0.1, 0.15) is 31.1 Å². The van der Waals surface area contributed by atoms with Gasteiger partial charge in [0, 0.05) is 0 Å². The van der Waals surface area contributed by atoms with Gasteiger partial charge in [-0.2, -0.15) is 0 Å². The maximum atomic E-state index is 5.59. The van der Waals surface area contributed by atoms with Gasteiger partial charge >= 0.3 is 0 Å². The molecule has 0 aliphatic carbocycles. The zero-order chi connectivity index (χ0) is 17.0. The van der Waals surface area contributed by atoms with Crippen molar-refractivity contribution in [3.8, 4) is 23.0 Å². The molecule has 0 amide bonds. The summed E-state index contributed by atoms with van der Waals surface area (Å²) in [6.07, 6.45) is 0. The van der Waals surface area contributed by atoms with Crippen LogP contribution in [0.25, 0.3) is 0 Å². The van der Waals surface area contributed by atoms with Crippen molar-refractivity contribution in [2.75, 3.05) is 28.4 Å². The lowest BCUT2D eigenvalue weighted by Crippen LogP contribution is -2.53. The first-order valence-electron chi connectivity index (χ1n) is 7.43. The molecule has 0 spiro atoms. The van der Waals surface area contributed by atoms with Crippen LogP contribution in [0.3, 0.4) is 0 Å². The van der Waals surface area contributed by atoms with Gasteiger partial charge < -0.3 is 18.9 Å². The quantitative estimate of drug-likeness (QED) is 0.762. The number of ether oxygens (including phenoxy) is 4. The van der Waals surface area contributed by atoms with E-state index in [9.17, 15) is 0 Å². The molecule has 0 unspecified atom stereocenters. The molecule has 23 heavy (non-hydrogen) atoms. The smallest absolute Gasteiger partial charge is 0.122 e. The molecule has 0 atom stereocenters. The molecule has 124 valence electrons. The third-order valence-electron chi connectivity index (χ3n) is 4.16. The van der Waals surface area contributed by atoms with E-state index in [1.807, 2.05) is 24.3 Å². The zero-order valence-electron chi connectivity index (χ0n) is 14.6. The second-order valence-electron chi connectivity index (χ2n) is 5.76. The maximum Gasteiger partial charge on any atom is 0.122 e. The Morgan fingerprint density at radius 2 is 1.00 bits per heavy atom. The van der Waals surface area contributed by atoms with E-state index >= 15 is 0 Å². The van der Waals surface area contributed by atoms with Crippen molar-refractivity contribution < 1.29 is 18.9 Å². The van der Waals surface area contributed by atoms with Gasteiger partial charge in [-0.1, -0.05) is 13.1 Å². The Morgan fingerprint density at radius 3 is 1.30 bits per heavy atom. The van der Waals surface area contributed by atoms with Crippen LogP contribution in [0.15, 0.2) is 36.4 Å². The maximum absolute atomic E-state index is 5.59. The summed E-state index contributed by atoms with van der Waals surface area (Å²) >= 11 is 0. The minimum atomic E-state index is -2.09. The molecule has 0 N–H and O–H groups in total. The SMILES string of the molecule is COc1ccc(OC)c([Si](C)(C)c2cc(OC)ccc2OC)c1. The first-order valence-corrected chi connectivity index (χ1v) is 10.4. The van der Waals surface area contributed by atoms with Gasteiger partial charge in [-0.05, 0) is 46.8 Å². The summed E-state index contributed by atoms with van der Waals surface area (Å²) in [6.45, 7) is 4.53. The van der Waals surface area contributed by atoms with Gasteiger partial charge in [0.25, 0.3) is 0 Å². The second-order valence-corrected chi connectivity index (χ2v) is 10.1. The second kappa shape index (κ2) is 6.96. The summed E-state index contributed by atoms with van der Waals surface area (Å²) in [7, 11) is 4.64. The van der Waals surface area contributed by atoms with E-state index < -0.39 is 8.07 Å². The summed E-state index contributed by atoms with van der Waals surface area (Å²) in [6, 6.07) is 11.9. The third kappa shape index (κ3) is 3.29. The minimum Gasteiger partial charge on any atom is -0.497 e. The zero-order valence-corrected chi connectivity index (χ0v) is 15.6. The van der Waals surface area contributed by atoms with Crippen LogP contribution in [0.1, 0.15) is 0 Å². The van der Waals surface area contributed by atoms with Crippen LogP contribution in [0.4, 0.5) is 0 Å². The van der Waals surface area contributed by atoms with Crippen molar-refractivity contribution in [2.24, 2.45) is 0 Å². The lowest BCUT2D eigenvalue weighted by Gasteiger charge is -2.28. The van der Waals surface area contributed by atoms with E-state index in [4.69, 9.17) is 18.9 Å². The molecule has 4 nitrogen and oxygen atoms in total. The fraction of sp³-hybridized carbons (Fsp3) is 0.333. The molecule has 0 heterocycles. The van der Waals surface area contributed by atoms with Crippen LogP contribution in [0, 0.1) is 0 Å². The van der Waals surface area contributed by atoms with E-state index in [1.54, 1.807) is 28.4 Å². The first kappa shape index (κ1) is 17.2. The highest BCUT2D eigenvalue weighted by Gasteiger charge is 2.33. The van der Waals surface area contributed by atoms with Gasteiger partial charge in [-0.15, -0.1) is 0 Å². The first-order chi connectivity index (χ1) is 11.0. The van der Waals surface area contributed by atoms with Crippen LogP contribution in [0.5, 0.6) is 23.0 Å². The van der Waals surface area contributed by atoms with Crippen LogP contribution in [0.2, 0.25) is 13.1 Å². The molecule has 2 rings (SSSR count). The molecular formula is C18H24O4Si. The average Bonchev–Trinajstić information content (AvgIpc) is 2.60. The minimum absolute atomic E-state index is 0.822. The standard InChI is InChI=1S/C18H24O4Si/c1-19-13-7-9-15(21-3)17(11-13)23(5,6)18-12-14(20-2)8-10-16(18)22-4/h7-12H,1-6H3. The summed E-state index contributed by atoms with van der Waals surface area (Å²) in [5, 5.41) is 2.32. The predicted molar refractivity (Wildman–Crippen MR) is 95.8 cm³/mol. The van der Waals surface area contributed by atoms with Crippen molar-refractivity contribution in [2.45, 2.75) is 13.1 Å². The number of hydrogen-bond donors (Lipinski definition) is 0. The van der Waals surface area contributed by atoms with E-state index in [-0.39, 0.29) is 0 Å². The van der Waals surface area contributed by atoms with Gasteiger partial charge in [0.15, 0.2) is 0 Å². The monoisotopic (exact) mass is 332 g/mol. The number of methoxy groups -OCH3 is 4. The Morgan fingerprint density at radius 1 is 0.609 bits per heavy atom. The average molecular weight is 332 g/mol. The molecule has 5 heteroatoms. The molecular weight excluding hydrogens is 308 g/mol. The Hall–Kier alpha value is -2.14. The summed E-state index contributed by atoms with van der Waals surface area (Å²) in [5.74, 6) is 3.38. The molecule has 0 saturated heterocycles. The Bertz CT molecular complexity index is 625. The van der Waals surface area contributed by atoms with Crippen LogP contribution in [-0.4, -0.2) is 36.5 Å². The molecule has 2 aromatic rings. The van der Waals surface area contributed by atoms with E-state index in [2.05, 4.69) is 25.2 Å². The molecule has 0 saturated carbocycles. The van der Waals surface area contributed by atoms with Gasteiger partial charge in [0.2, 0.25) is 0 Å². The van der Waals surface area contributed by atoms with Crippen molar-refractivity contribution in [3.05, 3.63) is 36.4 Å². The molecule has 0 aromatic heterocycles. The van der Waals surface area contributed by atoms with Gasteiger partial charge in [-0.3, -0.25) is 0 Å². The van der Waals surface area contributed by atoms with Crippen molar-refractivity contribution in [3.63, 3.8) is 0 Å². The van der Waals surface area contributed by atoms with Crippen LogP contribution >= 0.6 is 0 Å². The highest BCUT2D eigenvalue weighted by molar-refractivity contribution is 7.01. The Kier molecular flexibility index (Phi) is 5.21. The molecule has 0 aliphatic rings. The largest absolute Gasteiger partial charge is 0.497 e. The van der Waals surface area contributed by atoms with Crippen LogP contribution in [-0.2, 0) is 0 Å². The van der Waals surface area contributed by atoms with Crippen molar-refractivity contribution >= 4 is 18.4 Å². The van der Waals surface area contributed by atoms with E-state index in [1.165, 1.54) is 0 Å². The topological polar surface area (TPSA) is 36.9 Å². The Labute approximate surface area is 139 Å². The molecule has 0 fully saturated rings. The fourth-order valence-electron chi connectivity index (χ4n) is 2.75. The molecule has 0 bridgehead atoms. The summed E-state index contributed by atoms with van der Waals surface area (Å²) in [4.78, 5) is 0. The summed E-state index contributed by atoms with van der Waals surface area (Å²) < 4.78 is 22.0. The van der Waals surface area contributed by atoms with E-state index in [0.717, 1.165) is 33.4 Å².